The van der Waals surface area contributed by atoms with E-state index >= 15 is 0 Å². The van der Waals surface area contributed by atoms with Gasteiger partial charge in [0, 0.05) is 11.8 Å². The first-order valence-electron chi connectivity index (χ1n) is 7.71. The molecule has 0 amide bonds. The van der Waals surface area contributed by atoms with Crippen LogP contribution in [0.5, 0.6) is 0 Å². The van der Waals surface area contributed by atoms with Crippen LogP contribution in [-0.2, 0) is 0 Å². The molecule has 0 bridgehead atoms. The Labute approximate surface area is 129 Å². The third-order valence-electron chi connectivity index (χ3n) is 3.94. The van der Waals surface area contributed by atoms with Gasteiger partial charge in [-0.1, -0.05) is 71.9 Å². The molecule has 0 saturated heterocycles. The number of pyridine rings is 1. The first-order valence-corrected chi connectivity index (χ1v) is 7.71. The molecule has 1 aromatic heterocycles. The van der Waals surface area contributed by atoms with E-state index in [1.165, 1.54) is 11.1 Å². The summed E-state index contributed by atoms with van der Waals surface area (Å²) in [6.07, 6.45) is 1.84. The summed E-state index contributed by atoms with van der Waals surface area (Å²) in [6.45, 7) is 14.0. The molecule has 1 aromatic carbocycles. The standard InChI is InChI=1S/C20H27N/c1-19(2,3)18(20(4,5)6)16-12-10-15(11-13-16)17-9-7-8-14-21-17/h7-14,18H,1-6H3. The van der Waals surface area contributed by atoms with Crippen molar-refractivity contribution in [3.63, 3.8) is 0 Å². The Bertz CT molecular complexity index is 554. The lowest BCUT2D eigenvalue weighted by molar-refractivity contribution is 0.176. The third-order valence-corrected chi connectivity index (χ3v) is 3.94. The largest absolute Gasteiger partial charge is 0.256 e. The molecule has 2 rings (SSSR count). The van der Waals surface area contributed by atoms with Crippen LogP contribution in [0.25, 0.3) is 11.3 Å². The summed E-state index contributed by atoms with van der Waals surface area (Å²) in [5.41, 5.74) is 4.11. The van der Waals surface area contributed by atoms with Gasteiger partial charge in [-0.3, -0.25) is 4.98 Å². The molecule has 0 saturated carbocycles. The van der Waals surface area contributed by atoms with Crippen molar-refractivity contribution >= 4 is 0 Å². The lowest BCUT2D eigenvalue weighted by Crippen LogP contribution is -2.30. The SMILES string of the molecule is CC(C)(C)C(c1ccc(-c2ccccn2)cc1)C(C)(C)C. The maximum Gasteiger partial charge on any atom is 0.0701 e. The Kier molecular flexibility index (Phi) is 4.22. The van der Waals surface area contributed by atoms with Crippen molar-refractivity contribution in [2.45, 2.75) is 47.5 Å². The minimum absolute atomic E-state index is 0.241. The second-order valence-corrected chi connectivity index (χ2v) is 8.00. The summed E-state index contributed by atoms with van der Waals surface area (Å²) >= 11 is 0. The Balaban J connectivity index is 2.37. The van der Waals surface area contributed by atoms with E-state index < -0.39 is 0 Å². The van der Waals surface area contributed by atoms with Crippen molar-refractivity contribution in [1.29, 1.82) is 0 Å². The van der Waals surface area contributed by atoms with Crippen LogP contribution in [0.4, 0.5) is 0 Å². The summed E-state index contributed by atoms with van der Waals surface area (Å²) in [4.78, 5) is 4.42. The van der Waals surface area contributed by atoms with E-state index in [4.69, 9.17) is 0 Å². The zero-order valence-electron chi connectivity index (χ0n) is 14.1. The van der Waals surface area contributed by atoms with Crippen molar-refractivity contribution in [2.75, 3.05) is 0 Å². The van der Waals surface area contributed by atoms with Crippen molar-refractivity contribution in [3.8, 4) is 11.3 Å². The topological polar surface area (TPSA) is 12.9 Å². The smallest absolute Gasteiger partial charge is 0.0701 e. The molecule has 0 atom stereocenters. The van der Waals surface area contributed by atoms with Crippen LogP contribution >= 0.6 is 0 Å². The lowest BCUT2D eigenvalue weighted by atomic mass is 9.63. The Hall–Kier alpha value is -1.63. The maximum atomic E-state index is 4.42. The summed E-state index contributed by atoms with van der Waals surface area (Å²) in [5.74, 6) is 0.516. The van der Waals surface area contributed by atoms with E-state index in [-0.39, 0.29) is 10.8 Å². The van der Waals surface area contributed by atoms with E-state index in [2.05, 4.69) is 76.9 Å². The van der Waals surface area contributed by atoms with Gasteiger partial charge in [0.05, 0.1) is 5.69 Å². The van der Waals surface area contributed by atoms with Gasteiger partial charge >= 0.3 is 0 Å². The first kappa shape index (κ1) is 15.8. The predicted octanol–water partition coefficient (Wildman–Crippen LogP) is 5.92. The molecule has 0 unspecified atom stereocenters. The molecule has 0 aliphatic heterocycles. The number of nitrogens with zero attached hydrogens (tertiary/aromatic N) is 1. The van der Waals surface area contributed by atoms with Crippen LogP contribution in [0, 0.1) is 10.8 Å². The maximum absolute atomic E-state index is 4.42. The molecular formula is C20H27N. The summed E-state index contributed by atoms with van der Waals surface area (Å²) in [6, 6.07) is 15.0. The molecule has 21 heavy (non-hydrogen) atoms. The molecule has 0 fully saturated rings. The fourth-order valence-electron chi connectivity index (χ4n) is 3.68. The molecule has 0 spiro atoms. The normalized spacial score (nSPS) is 12.7. The Morgan fingerprint density at radius 1 is 0.762 bits per heavy atom. The average molecular weight is 281 g/mol. The quantitative estimate of drug-likeness (QED) is 0.665. The minimum Gasteiger partial charge on any atom is -0.256 e. The highest BCUT2D eigenvalue weighted by Gasteiger charge is 2.35. The molecule has 0 radical (unpaired) electrons. The average Bonchev–Trinajstić information content (AvgIpc) is 2.37. The monoisotopic (exact) mass is 281 g/mol. The Morgan fingerprint density at radius 3 is 1.76 bits per heavy atom. The van der Waals surface area contributed by atoms with Gasteiger partial charge in [-0.05, 0) is 34.4 Å². The molecule has 1 heteroatoms. The van der Waals surface area contributed by atoms with Gasteiger partial charge in [-0.2, -0.15) is 0 Å². The fourth-order valence-corrected chi connectivity index (χ4v) is 3.68. The van der Waals surface area contributed by atoms with E-state index in [1.54, 1.807) is 0 Å². The second kappa shape index (κ2) is 5.63. The van der Waals surface area contributed by atoms with E-state index in [9.17, 15) is 0 Å². The van der Waals surface area contributed by atoms with Gasteiger partial charge < -0.3 is 0 Å². The van der Waals surface area contributed by atoms with Crippen molar-refractivity contribution in [1.82, 2.24) is 4.98 Å². The van der Waals surface area contributed by atoms with Gasteiger partial charge in [0.2, 0.25) is 0 Å². The van der Waals surface area contributed by atoms with Gasteiger partial charge in [0.1, 0.15) is 0 Å². The second-order valence-electron chi connectivity index (χ2n) is 8.00. The molecule has 1 nitrogen and oxygen atoms in total. The number of aromatic nitrogens is 1. The number of benzene rings is 1. The summed E-state index contributed by atoms with van der Waals surface area (Å²) in [5, 5.41) is 0. The number of rotatable bonds is 2. The lowest BCUT2D eigenvalue weighted by Gasteiger charge is -2.41. The van der Waals surface area contributed by atoms with Crippen molar-refractivity contribution < 1.29 is 0 Å². The highest BCUT2D eigenvalue weighted by atomic mass is 14.7. The fraction of sp³-hybridized carbons (Fsp3) is 0.450. The highest BCUT2D eigenvalue weighted by Crippen LogP contribution is 2.47. The van der Waals surface area contributed by atoms with Crippen LogP contribution in [0.1, 0.15) is 53.0 Å². The Morgan fingerprint density at radius 2 is 1.33 bits per heavy atom. The van der Waals surface area contributed by atoms with E-state index in [1.807, 2.05) is 18.3 Å². The summed E-state index contributed by atoms with van der Waals surface area (Å²) < 4.78 is 0. The van der Waals surface area contributed by atoms with Crippen LogP contribution in [-0.4, -0.2) is 4.98 Å². The van der Waals surface area contributed by atoms with E-state index in [0.717, 1.165) is 5.69 Å². The molecule has 112 valence electrons. The molecule has 2 aromatic rings. The highest BCUT2D eigenvalue weighted by molar-refractivity contribution is 5.59. The molecule has 1 heterocycles. The van der Waals surface area contributed by atoms with Crippen LogP contribution in [0.3, 0.4) is 0 Å². The van der Waals surface area contributed by atoms with Gasteiger partial charge in [-0.15, -0.1) is 0 Å². The molecule has 0 aliphatic carbocycles. The molecule has 0 aliphatic rings. The van der Waals surface area contributed by atoms with Crippen LogP contribution in [0.2, 0.25) is 0 Å². The third kappa shape index (κ3) is 3.72. The van der Waals surface area contributed by atoms with Gasteiger partial charge in [0.15, 0.2) is 0 Å². The zero-order chi connectivity index (χ0) is 15.7. The predicted molar refractivity (Wildman–Crippen MR) is 91.3 cm³/mol. The van der Waals surface area contributed by atoms with Crippen molar-refractivity contribution in [3.05, 3.63) is 54.2 Å². The van der Waals surface area contributed by atoms with E-state index in [0.29, 0.717) is 5.92 Å². The number of hydrogen-bond acceptors (Lipinski definition) is 1. The number of hydrogen-bond donors (Lipinski definition) is 0. The van der Waals surface area contributed by atoms with Crippen LogP contribution in [0.15, 0.2) is 48.7 Å². The van der Waals surface area contributed by atoms with Crippen LogP contribution < -0.4 is 0 Å². The minimum atomic E-state index is 0.241. The molecule has 0 N–H and O–H groups in total. The molecular weight excluding hydrogens is 254 g/mol. The van der Waals surface area contributed by atoms with Gasteiger partial charge in [-0.25, -0.2) is 0 Å². The van der Waals surface area contributed by atoms with Crippen molar-refractivity contribution in [2.24, 2.45) is 10.8 Å². The summed E-state index contributed by atoms with van der Waals surface area (Å²) in [7, 11) is 0. The first-order chi connectivity index (χ1) is 9.69. The zero-order valence-corrected chi connectivity index (χ0v) is 14.1. The van der Waals surface area contributed by atoms with Gasteiger partial charge in [0.25, 0.3) is 0 Å².